The van der Waals surface area contributed by atoms with E-state index in [-0.39, 0.29) is 11.5 Å². The van der Waals surface area contributed by atoms with E-state index in [9.17, 15) is 9.59 Å². The number of ketones is 1. The molecule has 0 aliphatic carbocycles. The van der Waals surface area contributed by atoms with Gasteiger partial charge in [0.15, 0.2) is 5.78 Å². The lowest BCUT2D eigenvalue weighted by molar-refractivity contribution is 0.0857. The summed E-state index contributed by atoms with van der Waals surface area (Å²) in [6, 6.07) is 10.2. The van der Waals surface area contributed by atoms with Crippen molar-refractivity contribution in [3.05, 3.63) is 59.7 Å². The third-order valence-corrected chi connectivity index (χ3v) is 5.30. The summed E-state index contributed by atoms with van der Waals surface area (Å²) in [6.45, 7) is 2.83. The number of rotatable bonds is 6. The number of carbonyl (C=O) groups excluding carboxylic acids is 2. The number of benzene rings is 1. The van der Waals surface area contributed by atoms with Gasteiger partial charge in [-0.2, -0.15) is 0 Å². The lowest BCUT2D eigenvalue weighted by Gasteiger charge is -2.41. The van der Waals surface area contributed by atoms with E-state index in [0.29, 0.717) is 37.5 Å². The fourth-order valence-electron chi connectivity index (χ4n) is 3.68. The molecule has 0 atom stereocenters. The van der Waals surface area contributed by atoms with Crippen molar-refractivity contribution in [1.82, 2.24) is 14.9 Å². The van der Waals surface area contributed by atoms with Crippen molar-refractivity contribution in [2.45, 2.75) is 31.6 Å². The normalized spacial score (nSPS) is 15.9. The highest BCUT2D eigenvalue weighted by atomic mass is 16.6. The Morgan fingerprint density at radius 3 is 2.36 bits per heavy atom. The van der Waals surface area contributed by atoms with Crippen LogP contribution in [0.1, 0.15) is 41.5 Å². The number of piperidine rings is 1. The quantitative estimate of drug-likeness (QED) is 0.770. The van der Waals surface area contributed by atoms with Crippen LogP contribution in [-0.2, 0) is 16.6 Å². The highest BCUT2D eigenvalue weighted by Gasteiger charge is 2.38. The fraction of sp³-hybridized carbons (Fsp3) is 0.429. The minimum Gasteiger partial charge on any atom is -0.450 e. The van der Waals surface area contributed by atoms with Crippen molar-refractivity contribution >= 4 is 11.9 Å². The summed E-state index contributed by atoms with van der Waals surface area (Å²) in [5.41, 5.74) is 1.31. The highest BCUT2D eigenvalue weighted by molar-refractivity contribution is 5.96. The summed E-state index contributed by atoms with van der Waals surface area (Å²) in [4.78, 5) is 34.1. The van der Waals surface area contributed by atoms with E-state index >= 15 is 0 Å². The number of hydrogen-bond acceptors (Lipinski definition) is 6. The summed E-state index contributed by atoms with van der Waals surface area (Å²) >= 11 is 0. The largest absolute Gasteiger partial charge is 0.450 e. The van der Waals surface area contributed by atoms with Gasteiger partial charge in [-0.25, -0.2) is 14.8 Å². The van der Waals surface area contributed by atoms with E-state index in [1.165, 1.54) is 18.0 Å². The number of aliphatic hydroxyl groups excluding tert-OH is 1. The molecule has 1 aliphatic heterocycles. The lowest BCUT2D eigenvalue weighted by atomic mass is 9.70. The molecule has 1 aliphatic rings. The Hall–Kier alpha value is -2.80. The molecule has 0 unspecified atom stereocenters. The minimum absolute atomic E-state index is 0.188. The number of amides is 1. The Bertz CT molecular complexity index is 800. The molecule has 0 radical (unpaired) electrons. The fourth-order valence-corrected chi connectivity index (χ4v) is 3.68. The van der Waals surface area contributed by atoms with Crippen LogP contribution in [0.2, 0.25) is 0 Å². The summed E-state index contributed by atoms with van der Waals surface area (Å²) in [6.07, 6.45) is 4.82. The molecule has 0 bridgehead atoms. The topological polar surface area (TPSA) is 92.6 Å². The van der Waals surface area contributed by atoms with Crippen LogP contribution < -0.4 is 0 Å². The van der Waals surface area contributed by atoms with Gasteiger partial charge < -0.3 is 14.7 Å². The van der Waals surface area contributed by atoms with Crippen LogP contribution in [0.25, 0.3) is 0 Å². The number of aromatic nitrogens is 2. The molecule has 1 fully saturated rings. The van der Waals surface area contributed by atoms with Crippen LogP contribution >= 0.6 is 0 Å². The van der Waals surface area contributed by atoms with E-state index in [0.717, 1.165) is 12.8 Å². The zero-order chi connectivity index (χ0) is 20.0. The summed E-state index contributed by atoms with van der Waals surface area (Å²) in [7, 11) is 0. The number of Topliss-reactive ketones (excluding diaryl/α,β-unsaturated/α-hetero) is 1. The standard InChI is InChI=1S/C21H25N3O4/c1-2-28-20(27)24-10-8-21(9-11-24,17-6-4-3-5-7-17)12-19-22-13-16(14-23-19)18(26)15-25/h3-7,13-14,25H,2,8-12,15H2,1H3. The van der Waals surface area contributed by atoms with Crippen LogP contribution in [-0.4, -0.2) is 58.2 Å². The Kier molecular flexibility index (Phi) is 6.36. The van der Waals surface area contributed by atoms with Gasteiger partial charge in [0.1, 0.15) is 12.4 Å². The second-order valence-electron chi connectivity index (χ2n) is 6.98. The van der Waals surface area contributed by atoms with Crippen LogP contribution in [0, 0.1) is 0 Å². The molecular weight excluding hydrogens is 358 g/mol. The Morgan fingerprint density at radius 2 is 1.79 bits per heavy atom. The molecular formula is C21H25N3O4. The molecule has 7 nitrogen and oxygen atoms in total. The molecule has 3 rings (SSSR count). The summed E-state index contributed by atoms with van der Waals surface area (Å²) in [5.74, 6) is 0.245. The summed E-state index contributed by atoms with van der Waals surface area (Å²) < 4.78 is 5.13. The Balaban J connectivity index is 1.81. The number of aliphatic hydroxyl groups is 1. The number of ether oxygens (including phenoxy) is 1. The van der Waals surface area contributed by atoms with Gasteiger partial charge in [-0.1, -0.05) is 30.3 Å². The molecule has 1 N–H and O–H groups in total. The predicted octanol–water partition coefficient (Wildman–Crippen LogP) is 2.38. The van der Waals surface area contributed by atoms with E-state index in [1.54, 1.807) is 11.8 Å². The van der Waals surface area contributed by atoms with Crippen LogP contribution in [0.15, 0.2) is 42.7 Å². The maximum absolute atomic E-state index is 12.1. The van der Waals surface area contributed by atoms with Crippen LogP contribution in [0.4, 0.5) is 4.79 Å². The second kappa shape index (κ2) is 8.93. The van der Waals surface area contributed by atoms with Crippen LogP contribution in [0.3, 0.4) is 0 Å². The van der Waals surface area contributed by atoms with Gasteiger partial charge >= 0.3 is 6.09 Å². The van der Waals surface area contributed by atoms with Crippen molar-refractivity contribution in [2.24, 2.45) is 0 Å². The molecule has 1 saturated heterocycles. The predicted molar refractivity (Wildman–Crippen MR) is 103 cm³/mol. The molecule has 1 amide bonds. The minimum atomic E-state index is -0.555. The Morgan fingerprint density at radius 1 is 1.14 bits per heavy atom. The molecule has 2 aromatic rings. The molecule has 2 heterocycles. The van der Waals surface area contributed by atoms with Gasteiger partial charge in [-0.05, 0) is 25.3 Å². The maximum atomic E-state index is 12.1. The first-order valence-electron chi connectivity index (χ1n) is 9.50. The number of likely N-dealkylation sites (tertiary alicyclic amines) is 1. The molecule has 7 heteroatoms. The molecule has 0 saturated carbocycles. The number of hydrogen-bond donors (Lipinski definition) is 1. The van der Waals surface area contributed by atoms with Gasteiger partial charge in [-0.3, -0.25) is 4.79 Å². The monoisotopic (exact) mass is 383 g/mol. The van der Waals surface area contributed by atoms with E-state index in [4.69, 9.17) is 9.84 Å². The van der Waals surface area contributed by atoms with Gasteiger partial charge in [0.2, 0.25) is 0 Å². The number of carbonyl (C=O) groups is 2. The SMILES string of the molecule is CCOC(=O)N1CCC(Cc2ncc(C(=O)CO)cn2)(c2ccccc2)CC1. The smallest absolute Gasteiger partial charge is 0.409 e. The first-order chi connectivity index (χ1) is 13.6. The maximum Gasteiger partial charge on any atom is 0.409 e. The molecule has 148 valence electrons. The highest BCUT2D eigenvalue weighted by Crippen LogP contribution is 2.38. The van der Waals surface area contributed by atoms with E-state index in [2.05, 4.69) is 22.1 Å². The summed E-state index contributed by atoms with van der Waals surface area (Å²) in [5, 5.41) is 8.97. The van der Waals surface area contributed by atoms with Gasteiger partial charge in [0.25, 0.3) is 0 Å². The van der Waals surface area contributed by atoms with E-state index in [1.807, 2.05) is 18.2 Å². The molecule has 28 heavy (non-hydrogen) atoms. The van der Waals surface area contributed by atoms with Gasteiger partial charge in [0.05, 0.1) is 12.2 Å². The average molecular weight is 383 g/mol. The molecule has 0 spiro atoms. The Labute approximate surface area is 164 Å². The average Bonchev–Trinajstić information content (AvgIpc) is 2.75. The second-order valence-corrected chi connectivity index (χ2v) is 6.98. The van der Waals surface area contributed by atoms with Crippen molar-refractivity contribution in [1.29, 1.82) is 0 Å². The van der Waals surface area contributed by atoms with Crippen molar-refractivity contribution in [3.8, 4) is 0 Å². The first kappa shape index (κ1) is 19.9. The number of nitrogens with zero attached hydrogens (tertiary/aromatic N) is 3. The van der Waals surface area contributed by atoms with E-state index < -0.39 is 12.4 Å². The third kappa shape index (κ3) is 4.36. The first-order valence-corrected chi connectivity index (χ1v) is 9.50. The van der Waals surface area contributed by atoms with Crippen molar-refractivity contribution < 1.29 is 19.4 Å². The van der Waals surface area contributed by atoms with Crippen molar-refractivity contribution in [2.75, 3.05) is 26.3 Å². The lowest BCUT2D eigenvalue weighted by Crippen LogP contribution is -2.46. The molecule has 1 aromatic heterocycles. The van der Waals surface area contributed by atoms with Crippen LogP contribution in [0.5, 0.6) is 0 Å². The van der Waals surface area contributed by atoms with Gasteiger partial charge in [0, 0.05) is 37.3 Å². The molecule has 1 aromatic carbocycles. The van der Waals surface area contributed by atoms with Crippen molar-refractivity contribution in [3.63, 3.8) is 0 Å². The zero-order valence-corrected chi connectivity index (χ0v) is 16.0. The zero-order valence-electron chi connectivity index (χ0n) is 16.0. The van der Waals surface area contributed by atoms with Gasteiger partial charge in [-0.15, -0.1) is 0 Å². The third-order valence-electron chi connectivity index (χ3n) is 5.30.